The molecule has 5 unspecified atom stereocenters. The van der Waals surface area contributed by atoms with E-state index in [-0.39, 0.29) is 10.8 Å². The lowest BCUT2D eigenvalue weighted by molar-refractivity contribution is -0.284. The van der Waals surface area contributed by atoms with Crippen molar-refractivity contribution in [2.24, 2.45) is 0 Å². The van der Waals surface area contributed by atoms with Gasteiger partial charge in [-0.2, -0.15) is 0 Å². The van der Waals surface area contributed by atoms with Crippen LogP contribution in [0.25, 0.3) is 43.8 Å². The van der Waals surface area contributed by atoms with Crippen LogP contribution in [0, 0.1) is 0 Å². The molecule has 0 radical (unpaired) electrons. The number of ether oxygens (including phenoxy) is 6. The molecule has 2 aliphatic heterocycles. The molecule has 10 rings (SSSR count). The molecule has 1 saturated heterocycles. The van der Waals surface area contributed by atoms with Crippen molar-refractivity contribution in [3.63, 3.8) is 0 Å². The SMILES string of the molecule is O=C(OC1C(OC(=O)c2cc(Oc3cc4c(=O)oc5c(O)c(O)cc6c(=O)oc(c3O)c4c56)c(O)c(O)c2O)C(O)OC2COC(=O)c3cc(O)c(O)c(O)c3-c3c(cc(O)c(O)c3O)C(=O)OC21)c1cc(O)c(O)c(O)c1. The minimum Gasteiger partial charge on any atom is -0.504 e. The number of aliphatic hydroxyl groups excluding tert-OH is 1. The van der Waals surface area contributed by atoms with Crippen LogP contribution in [0.2, 0.25) is 0 Å². The molecule has 4 heterocycles. The first-order chi connectivity index (χ1) is 36.8. The number of rotatable bonds is 6. The molecular weight excluding hydrogens is 1060 g/mol. The molecule has 0 bridgehead atoms. The van der Waals surface area contributed by atoms with E-state index in [2.05, 4.69) is 0 Å². The van der Waals surface area contributed by atoms with Crippen LogP contribution in [-0.2, 0) is 23.7 Å². The summed E-state index contributed by atoms with van der Waals surface area (Å²) in [5.74, 6) is -28.2. The van der Waals surface area contributed by atoms with E-state index in [4.69, 9.17) is 37.3 Å². The van der Waals surface area contributed by atoms with Crippen LogP contribution in [0.3, 0.4) is 0 Å². The number of carbonyl (C=O) groups excluding carboxylic acids is 4. The van der Waals surface area contributed by atoms with Gasteiger partial charge >= 0.3 is 35.1 Å². The molecule has 6 aromatic carbocycles. The third kappa shape index (κ3) is 7.66. The smallest absolute Gasteiger partial charge is 0.344 e. The summed E-state index contributed by atoms with van der Waals surface area (Å²) >= 11 is 0. The maximum atomic E-state index is 14.4. The molecule has 78 heavy (non-hydrogen) atoms. The summed E-state index contributed by atoms with van der Waals surface area (Å²) in [7, 11) is 0. The minimum absolute atomic E-state index is 0.319. The number of benzene rings is 6. The van der Waals surface area contributed by atoms with Crippen molar-refractivity contribution >= 4 is 56.6 Å². The largest absolute Gasteiger partial charge is 0.504 e. The molecule has 5 atom stereocenters. The standard InChI is InChI=1S/C48H30O30/c49-15-1-9(2-16(50)28(15)55)42(64)77-40-37-22(8-71-43(65)10-3-17(51)29(56)34(61)23(10)24-11(44(66)74-37)4-18(52)30(57)35(24)62)73-48(70)41(40)78-47(69)14-7-20(32(59)36(63)27(14)54)72-21-6-13-26-25-12(45(67)76-39(26)33(21)60)5-19(53)31(58)38(25)75-46(13)68/h1-7,22,37,40-41,48-63,70H,8H2. The van der Waals surface area contributed by atoms with Gasteiger partial charge in [-0.05, 0) is 30.3 Å². The molecule has 2 aliphatic rings. The van der Waals surface area contributed by atoms with Crippen LogP contribution in [0.15, 0.2) is 60.9 Å². The van der Waals surface area contributed by atoms with Gasteiger partial charge in [0.2, 0.25) is 34.5 Å². The number of hydrogen-bond donors (Lipinski definition) is 16. The summed E-state index contributed by atoms with van der Waals surface area (Å²) in [5, 5.41) is 169. The van der Waals surface area contributed by atoms with Crippen molar-refractivity contribution in [1.29, 1.82) is 0 Å². The highest BCUT2D eigenvalue weighted by atomic mass is 16.7. The van der Waals surface area contributed by atoms with Crippen LogP contribution in [0.5, 0.6) is 97.7 Å². The summed E-state index contributed by atoms with van der Waals surface area (Å²) in [6, 6.07) is 3.83. The van der Waals surface area contributed by atoms with Crippen molar-refractivity contribution in [2.75, 3.05) is 6.61 Å². The lowest BCUT2D eigenvalue weighted by Crippen LogP contribution is -2.62. The highest BCUT2D eigenvalue weighted by Crippen LogP contribution is 2.54. The molecule has 0 amide bonds. The summed E-state index contributed by atoms with van der Waals surface area (Å²) in [6.45, 7) is -1.23. The third-order valence-electron chi connectivity index (χ3n) is 12.4. The van der Waals surface area contributed by atoms with E-state index in [1.807, 2.05) is 0 Å². The number of aliphatic hydroxyl groups is 1. The molecule has 2 aromatic heterocycles. The first kappa shape index (κ1) is 50.4. The fourth-order valence-electron chi connectivity index (χ4n) is 8.70. The number of carbonyl (C=O) groups is 4. The second-order valence-corrected chi connectivity index (χ2v) is 17.0. The van der Waals surface area contributed by atoms with Gasteiger partial charge in [-0.3, -0.25) is 0 Å². The molecule has 16 N–H and O–H groups in total. The highest BCUT2D eigenvalue weighted by Gasteiger charge is 2.54. The molecule has 30 heteroatoms. The molecule has 0 aliphatic carbocycles. The van der Waals surface area contributed by atoms with Gasteiger partial charge in [0, 0.05) is 34.0 Å². The Bertz CT molecular complexity index is 4070. The predicted molar refractivity (Wildman–Crippen MR) is 246 cm³/mol. The average molecular weight is 1090 g/mol. The maximum Gasteiger partial charge on any atom is 0.344 e. The number of esters is 4. The molecule has 402 valence electrons. The van der Waals surface area contributed by atoms with Crippen LogP contribution in [0.1, 0.15) is 41.4 Å². The first-order valence-electron chi connectivity index (χ1n) is 21.6. The Labute approximate surface area is 425 Å². The van der Waals surface area contributed by atoms with Gasteiger partial charge in [0.1, 0.15) is 18.3 Å². The van der Waals surface area contributed by atoms with Gasteiger partial charge in [-0.1, -0.05) is 0 Å². The van der Waals surface area contributed by atoms with E-state index >= 15 is 0 Å². The zero-order valence-electron chi connectivity index (χ0n) is 38.0. The number of phenols is 15. The highest BCUT2D eigenvalue weighted by molar-refractivity contribution is 6.22. The van der Waals surface area contributed by atoms with E-state index in [9.17, 15) is 110 Å². The summed E-state index contributed by atoms with van der Waals surface area (Å²) in [6.07, 6.45) is -12.4. The topological polar surface area (TPSA) is 508 Å². The molecule has 30 nitrogen and oxygen atoms in total. The number of aromatic hydroxyl groups is 15. The third-order valence-corrected chi connectivity index (χ3v) is 12.4. The lowest BCUT2D eigenvalue weighted by atomic mass is 9.92. The Morgan fingerprint density at radius 1 is 0.487 bits per heavy atom. The zero-order chi connectivity index (χ0) is 56.4. The van der Waals surface area contributed by atoms with Gasteiger partial charge in [-0.15, -0.1) is 0 Å². The number of phenolic OH excluding ortho intramolecular Hbond substituents is 15. The van der Waals surface area contributed by atoms with E-state index in [1.54, 1.807) is 0 Å². The van der Waals surface area contributed by atoms with Gasteiger partial charge < -0.3 is 119 Å². The Morgan fingerprint density at radius 3 is 1.58 bits per heavy atom. The molecule has 8 aromatic rings. The van der Waals surface area contributed by atoms with E-state index in [1.165, 1.54) is 0 Å². The van der Waals surface area contributed by atoms with Crippen molar-refractivity contribution in [3.8, 4) is 109 Å². The Kier molecular flexibility index (Phi) is 11.5. The minimum atomic E-state index is -2.67. The predicted octanol–water partition coefficient (Wildman–Crippen LogP) is 2.40. The Morgan fingerprint density at radius 2 is 0.987 bits per heavy atom. The van der Waals surface area contributed by atoms with E-state index < -0.39 is 226 Å². The molecule has 1 fully saturated rings. The Balaban J connectivity index is 1.07. The van der Waals surface area contributed by atoms with E-state index in [0.717, 1.165) is 12.1 Å². The van der Waals surface area contributed by atoms with Gasteiger partial charge in [0.05, 0.1) is 27.5 Å². The van der Waals surface area contributed by atoms with Crippen LogP contribution >= 0.6 is 0 Å². The van der Waals surface area contributed by atoms with Crippen molar-refractivity contribution in [2.45, 2.75) is 30.7 Å². The number of cyclic esters (lactones) is 1. The zero-order valence-corrected chi connectivity index (χ0v) is 38.0. The molecule has 0 spiro atoms. The van der Waals surface area contributed by atoms with Gasteiger partial charge in [0.15, 0.2) is 99.0 Å². The van der Waals surface area contributed by atoms with Crippen LogP contribution in [-0.4, -0.2) is 143 Å². The monoisotopic (exact) mass is 1090 g/mol. The van der Waals surface area contributed by atoms with Gasteiger partial charge in [-0.25, -0.2) is 28.8 Å². The quantitative estimate of drug-likeness (QED) is 0.0374. The normalized spacial score (nSPS) is 18.3. The van der Waals surface area contributed by atoms with Crippen LogP contribution < -0.4 is 16.0 Å². The van der Waals surface area contributed by atoms with E-state index in [0.29, 0.717) is 30.3 Å². The van der Waals surface area contributed by atoms with Crippen molar-refractivity contribution in [1.82, 2.24) is 0 Å². The summed E-state index contributed by atoms with van der Waals surface area (Å²) in [4.78, 5) is 82.6. The second kappa shape index (κ2) is 17.8. The van der Waals surface area contributed by atoms with Crippen molar-refractivity contribution in [3.05, 3.63) is 85.6 Å². The van der Waals surface area contributed by atoms with Crippen molar-refractivity contribution < 1.29 is 138 Å². The average Bonchev–Trinajstić information content (AvgIpc) is 3.58. The lowest BCUT2D eigenvalue weighted by Gasteiger charge is -2.42. The van der Waals surface area contributed by atoms with Gasteiger partial charge in [0.25, 0.3) is 0 Å². The summed E-state index contributed by atoms with van der Waals surface area (Å²) < 4.78 is 43.3. The Hall–Kier alpha value is -11.1. The second-order valence-electron chi connectivity index (χ2n) is 17.0. The molecule has 0 saturated carbocycles. The molecular formula is C48H30O30. The number of fused-ring (bicyclic) bond motifs is 4. The maximum absolute atomic E-state index is 14.4. The fourth-order valence-corrected chi connectivity index (χ4v) is 8.70. The first-order valence-corrected chi connectivity index (χ1v) is 21.6. The van der Waals surface area contributed by atoms with Crippen LogP contribution in [0.4, 0.5) is 0 Å². The fraction of sp³-hybridized carbons (Fsp3) is 0.125. The summed E-state index contributed by atoms with van der Waals surface area (Å²) in [5.41, 5.74) is -10.4. The number of hydrogen-bond acceptors (Lipinski definition) is 30.